The van der Waals surface area contributed by atoms with E-state index in [1.807, 2.05) is 6.92 Å². The molecule has 3 atom stereocenters. The Balaban J connectivity index is 1.50. The van der Waals surface area contributed by atoms with Gasteiger partial charge in [-0.2, -0.15) is 0 Å². The lowest BCUT2D eigenvalue weighted by atomic mass is 9.80. The zero-order chi connectivity index (χ0) is 12.8. The molecule has 0 aromatic heterocycles. The number of carbonyl (C=O) groups is 1. The van der Waals surface area contributed by atoms with Gasteiger partial charge in [0.05, 0.1) is 5.41 Å². The van der Waals surface area contributed by atoms with Crippen molar-refractivity contribution in [2.75, 3.05) is 19.6 Å². The van der Waals surface area contributed by atoms with Crippen molar-refractivity contribution < 1.29 is 9.90 Å². The third-order valence-corrected chi connectivity index (χ3v) is 5.85. The van der Waals surface area contributed by atoms with Crippen LogP contribution in [0.5, 0.6) is 0 Å². The third kappa shape index (κ3) is 2.18. The van der Waals surface area contributed by atoms with Crippen molar-refractivity contribution in [3.63, 3.8) is 0 Å². The third-order valence-electron chi connectivity index (χ3n) is 5.85. The predicted molar refractivity (Wildman–Crippen MR) is 70.4 cm³/mol. The second kappa shape index (κ2) is 4.52. The first-order valence-electron chi connectivity index (χ1n) is 7.52. The molecule has 0 aromatic carbocycles. The van der Waals surface area contributed by atoms with E-state index in [-0.39, 0.29) is 0 Å². The number of aliphatic carboxylic acids is 1. The van der Waals surface area contributed by atoms with Gasteiger partial charge in [-0.1, -0.05) is 6.42 Å². The lowest BCUT2D eigenvalue weighted by molar-refractivity contribution is -0.150. The van der Waals surface area contributed by atoms with Gasteiger partial charge in [0.1, 0.15) is 0 Å². The fraction of sp³-hybridized carbons (Fsp3) is 0.933. The monoisotopic (exact) mass is 251 g/mol. The Morgan fingerprint density at radius 3 is 2.50 bits per heavy atom. The Labute approximate surface area is 110 Å². The van der Waals surface area contributed by atoms with E-state index in [0.717, 1.165) is 43.7 Å². The number of hydrogen-bond acceptors (Lipinski definition) is 2. The minimum atomic E-state index is -0.609. The van der Waals surface area contributed by atoms with E-state index >= 15 is 0 Å². The number of piperidine rings is 1. The molecule has 3 unspecified atom stereocenters. The van der Waals surface area contributed by atoms with Crippen LogP contribution in [0.25, 0.3) is 0 Å². The van der Waals surface area contributed by atoms with Gasteiger partial charge in [0.25, 0.3) is 0 Å². The van der Waals surface area contributed by atoms with Crippen molar-refractivity contribution in [2.45, 2.75) is 45.4 Å². The molecule has 1 N–H and O–H groups in total. The zero-order valence-corrected chi connectivity index (χ0v) is 11.4. The van der Waals surface area contributed by atoms with Gasteiger partial charge in [-0.3, -0.25) is 4.79 Å². The number of hydrogen-bond donors (Lipinski definition) is 1. The minimum absolute atomic E-state index is 0.467. The first kappa shape index (κ1) is 12.5. The Morgan fingerprint density at radius 1 is 1.28 bits per heavy atom. The topological polar surface area (TPSA) is 40.5 Å². The molecule has 3 nitrogen and oxygen atoms in total. The summed E-state index contributed by atoms with van der Waals surface area (Å²) in [5.74, 6) is 2.32. The number of fused-ring (bicyclic) bond motifs is 2. The summed E-state index contributed by atoms with van der Waals surface area (Å²) in [6, 6.07) is 0. The summed E-state index contributed by atoms with van der Waals surface area (Å²) in [6.07, 6.45) is 7.49. The van der Waals surface area contributed by atoms with Crippen molar-refractivity contribution in [1.82, 2.24) is 4.90 Å². The average molecular weight is 251 g/mol. The van der Waals surface area contributed by atoms with E-state index in [2.05, 4.69) is 4.90 Å². The van der Waals surface area contributed by atoms with Gasteiger partial charge < -0.3 is 10.0 Å². The number of nitrogens with zero attached hydrogens (tertiary/aromatic N) is 1. The maximum Gasteiger partial charge on any atom is 0.309 e. The first-order valence-corrected chi connectivity index (χ1v) is 7.52. The van der Waals surface area contributed by atoms with E-state index in [0.29, 0.717) is 0 Å². The molecule has 0 radical (unpaired) electrons. The summed E-state index contributed by atoms with van der Waals surface area (Å²) in [5.41, 5.74) is -0.467. The number of rotatable bonds is 3. The Morgan fingerprint density at radius 2 is 2.00 bits per heavy atom. The molecule has 3 fully saturated rings. The van der Waals surface area contributed by atoms with Crippen molar-refractivity contribution in [2.24, 2.45) is 23.2 Å². The van der Waals surface area contributed by atoms with E-state index in [9.17, 15) is 9.90 Å². The van der Waals surface area contributed by atoms with Crippen LogP contribution < -0.4 is 0 Å². The second-order valence-corrected chi connectivity index (χ2v) is 7.10. The molecule has 2 saturated carbocycles. The maximum absolute atomic E-state index is 11.2. The summed E-state index contributed by atoms with van der Waals surface area (Å²) < 4.78 is 0. The second-order valence-electron chi connectivity index (χ2n) is 7.10. The highest BCUT2D eigenvalue weighted by Gasteiger charge is 2.42. The van der Waals surface area contributed by atoms with Crippen molar-refractivity contribution in [1.29, 1.82) is 0 Å². The molecule has 2 aliphatic carbocycles. The van der Waals surface area contributed by atoms with Gasteiger partial charge in [-0.15, -0.1) is 0 Å². The largest absolute Gasteiger partial charge is 0.481 e. The fourth-order valence-corrected chi connectivity index (χ4v) is 4.37. The van der Waals surface area contributed by atoms with Crippen LogP contribution in [0.3, 0.4) is 0 Å². The van der Waals surface area contributed by atoms with Crippen LogP contribution in [-0.4, -0.2) is 35.6 Å². The lowest BCUT2D eigenvalue weighted by Gasteiger charge is -2.38. The number of likely N-dealkylation sites (tertiary alicyclic amines) is 1. The molecule has 0 amide bonds. The molecular weight excluding hydrogens is 226 g/mol. The SMILES string of the molecule is CC1(C(=O)O)CCN(CC2CC3CCC2C3)CC1. The summed E-state index contributed by atoms with van der Waals surface area (Å²) in [7, 11) is 0. The Bertz CT molecular complexity index is 333. The van der Waals surface area contributed by atoms with Crippen LogP contribution in [0.4, 0.5) is 0 Å². The Kier molecular flexibility index (Phi) is 3.13. The maximum atomic E-state index is 11.2. The molecular formula is C15H25NO2. The highest BCUT2D eigenvalue weighted by atomic mass is 16.4. The first-order chi connectivity index (χ1) is 8.57. The summed E-state index contributed by atoms with van der Waals surface area (Å²) in [5, 5.41) is 9.24. The van der Waals surface area contributed by atoms with E-state index in [4.69, 9.17) is 0 Å². The smallest absolute Gasteiger partial charge is 0.309 e. The van der Waals surface area contributed by atoms with Crippen LogP contribution in [0, 0.1) is 23.2 Å². The minimum Gasteiger partial charge on any atom is -0.481 e. The zero-order valence-electron chi connectivity index (χ0n) is 11.4. The van der Waals surface area contributed by atoms with Gasteiger partial charge in [0.2, 0.25) is 0 Å². The van der Waals surface area contributed by atoms with Gasteiger partial charge in [0, 0.05) is 6.54 Å². The van der Waals surface area contributed by atoms with Crippen molar-refractivity contribution in [3.05, 3.63) is 0 Å². The highest BCUT2D eigenvalue weighted by Crippen LogP contribution is 2.48. The lowest BCUT2D eigenvalue weighted by Crippen LogP contribution is -2.44. The molecule has 18 heavy (non-hydrogen) atoms. The van der Waals surface area contributed by atoms with E-state index < -0.39 is 11.4 Å². The standard InChI is InChI=1S/C15H25NO2/c1-15(14(17)18)4-6-16(7-5-15)10-13-9-11-2-3-12(13)8-11/h11-13H,2-10H2,1H3,(H,17,18). The average Bonchev–Trinajstić information content (AvgIpc) is 2.94. The summed E-state index contributed by atoms with van der Waals surface area (Å²) >= 11 is 0. The molecule has 3 rings (SSSR count). The summed E-state index contributed by atoms with van der Waals surface area (Å²) in [6.45, 7) is 5.11. The van der Waals surface area contributed by atoms with Crippen molar-refractivity contribution in [3.8, 4) is 0 Å². The predicted octanol–water partition coefficient (Wildman–Crippen LogP) is 2.61. The quantitative estimate of drug-likeness (QED) is 0.838. The van der Waals surface area contributed by atoms with Crippen LogP contribution in [-0.2, 0) is 4.79 Å². The summed E-state index contributed by atoms with van der Waals surface area (Å²) in [4.78, 5) is 13.7. The van der Waals surface area contributed by atoms with Crippen LogP contribution in [0.1, 0.15) is 45.4 Å². The molecule has 102 valence electrons. The Hall–Kier alpha value is -0.570. The molecule has 0 aromatic rings. The fourth-order valence-electron chi connectivity index (χ4n) is 4.37. The molecule has 1 saturated heterocycles. The van der Waals surface area contributed by atoms with E-state index in [1.54, 1.807) is 0 Å². The molecule has 1 aliphatic heterocycles. The number of carboxylic acids is 1. The molecule has 3 heteroatoms. The van der Waals surface area contributed by atoms with Gasteiger partial charge >= 0.3 is 5.97 Å². The van der Waals surface area contributed by atoms with E-state index in [1.165, 1.54) is 32.2 Å². The van der Waals surface area contributed by atoms with Gasteiger partial charge in [-0.05, 0) is 69.9 Å². The molecule has 0 spiro atoms. The molecule has 3 aliphatic rings. The molecule has 1 heterocycles. The highest BCUT2D eigenvalue weighted by molar-refractivity contribution is 5.74. The van der Waals surface area contributed by atoms with Crippen LogP contribution in [0.15, 0.2) is 0 Å². The van der Waals surface area contributed by atoms with Crippen LogP contribution in [0.2, 0.25) is 0 Å². The number of carboxylic acid groups (broad SMARTS) is 1. The van der Waals surface area contributed by atoms with Crippen molar-refractivity contribution >= 4 is 5.97 Å². The van der Waals surface area contributed by atoms with Gasteiger partial charge in [0.15, 0.2) is 0 Å². The molecule has 2 bridgehead atoms. The van der Waals surface area contributed by atoms with Gasteiger partial charge in [-0.25, -0.2) is 0 Å². The normalized spacial score (nSPS) is 39.1. The van der Waals surface area contributed by atoms with Crippen LogP contribution >= 0.6 is 0 Å².